The van der Waals surface area contributed by atoms with Gasteiger partial charge >= 0.3 is 0 Å². The quantitative estimate of drug-likeness (QED) is 0.408. The van der Waals surface area contributed by atoms with E-state index in [1.54, 1.807) is 43.6 Å². The largest absolute Gasteiger partial charge is 0.368 e. The Labute approximate surface area is 205 Å². The Morgan fingerprint density at radius 2 is 1.94 bits per heavy atom. The summed E-state index contributed by atoms with van der Waals surface area (Å²) >= 11 is 0. The second-order valence-corrected chi connectivity index (χ2v) is 8.80. The van der Waals surface area contributed by atoms with Crippen molar-refractivity contribution in [3.8, 4) is 22.6 Å². The van der Waals surface area contributed by atoms with Gasteiger partial charge in [-0.2, -0.15) is 4.98 Å². The van der Waals surface area contributed by atoms with Gasteiger partial charge in [0.1, 0.15) is 11.6 Å². The summed E-state index contributed by atoms with van der Waals surface area (Å²) in [6.45, 7) is 1.77. The highest BCUT2D eigenvalue weighted by Crippen LogP contribution is 2.34. The van der Waals surface area contributed by atoms with Crippen LogP contribution in [0.5, 0.6) is 0 Å². The molecule has 12 heteroatoms. The molecule has 0 saturated carbocycles. The van der Waals surface area contributed by atoms with E-state index in [0.717, 1.165) is 6.92 Å². The Kier molecular flexibility index (Phi) is 5.94. The predicted molar refractivity (Wildman–Crippen MR) is 130 cm³/mol. The van der Waals surface area contributed by atoms with Gasteiger partial charge in [0.05, 0.1) is 5.69 Å². The van der Waals surface area contributed by atoms with Crippen molar-refractivity contribution in [2.24, 2.45) is 13.0 Å². The fraction of sp³-hybridized carbons (Fsp3) is 0.292. The van der Waals surface area contributed by atoms with Gasteiger partial charge in [-0.25, -0.2) is 32.8 Å². The van der Waals surface area contributed by atoms with Gasteiger partial charge in [0, 0.05) is 55.3 Å². The summed E-state index contributed by atoms with van der Waals surface area (Å²) in [5, 5.41) is 7.47. The lowest BCUT2D eigenvalue weighted by Crippen LogP contribution is -2.28. The second kappa shape index (κ2) is 9.10. The van der Waals surface area contributed by atoms with E-state index in [-0.39, 0.29) is 12.5 Å². The number of nitrogen functional groups attached to an aromatic ring is 1. The molecule has 0 bridgehead atoms. The zero-order chi connectivity index (χ0) is 25.4. The molecule has 1 saturated heterocycles. The monoisotopic (exact) mass is 495 g/mol. The first-order chi connectivity index (χ1) is 17.2. The molecule has 4 heterocycles. The van der Waals surface area contributed by atoms with Gasteiger partial charge in [-0.15, -0.1) is 5.10 Å². The van der Waals surface area contributed by atoms with Crippen LogP contribution in [0, 0.1) is 11.7 Å². The number of nitrogens with one attached hydrogen (secondary N) is 1. The number of nitrogens with two attached hydrogens (primary N) is 1. The van der Waals surface area contributed by atoms with Crippen molar-refractivity contribution in [3.63, 3.8) is 0 Å². The van der Waals surface area contributed by atoms with Crippen LogP contribution in [0.4, 0.5) is 36.6 Å². The minimum absolute atomic E-state index is 0.0652. The third kappa shape index (κ3) is 4.79. The Morgan fingerprint density at radius 1 is 1.11 bits per heavy atom. The lowest BCUT2D eigenvalue weighted by atomic mass is 10.0. The molecule has 1 aromatic carbocycles. The fourth-order valence-corrected chi connectivity index (χ4v) is 4.16. The van der Waals surface area contributed by atoms with Crippen LogP contribution in [-0.2, 0) is 7.05 Å². The van der Waals surface area contributed by atoms with E-state index in [4.69, 9.17) is 5.73 Å². The Hall–Kier alpha value is -4.22. The van der Waals surface area contributed by atoms with E-state index < -0.39 is 17.7 Å². The number of pyridine rings is 1. The summed E-state index contributed by atoms with van der Waals surface area (Å²) in [7, 11) is 1.71. The van der Waals surface area contributed by atoms with Gasteiger partial charge in [0.15, 0.2) is 5.82 Å². The van der Waals surface area contributed by atoms with Crippen molar-refractivity contribution in [2.75, 3.05) is 29.0 Å². The van der Waals surface area contributed by atoms with Crippen LogP contribution in [0.1, 0.15) is 13.3 Å². The maximum absolute atomic E-state index is 14.8. The summed E-state index contributed by atoms with van der Waals surface area (Å²) in [4.78, 5) is 18.7. The van der Waals surface area contributed by atoms with Crippen molar-refractivity contribution in [3.05, 3.63) is 54.6 Å². The van der Waals surface area contributed by atoms with Crippen LogP contribution in [0.25, 0.3) is 22.6 Å². The van der Waals surface area contributed by atoms with Gasteiger partial charge in [0.25, 0.3) is 0 Å². The van der Waals surface area contributed by atoms with Gasteiger partial charge in [-0.05, 0) is 49.7 Å². The summed E-state index contributed by atoms with van der Waals surface area (Å²) in [6.07, 6.45) is 3.52. The molecule has 3 aromatic heterocycles. The number of benzene rings is 1. The molecule has 9 nitrogen and oxygen atoms in total. The number of nitrogens with zero attached hydrogens (tertiary/aromatic N) is 7. The predicted octanol–water partition coefficient (Wildman–Crippen LogP) is 4.28. The van der Waals surface area contributed by atoms with Crippen molar-refractivity contribution < 1.29 is 13.2 Å². The molecule has 36 heavy (non-hydrogen) atoms. The molecular weight excluding hydrogens is 471 g/mol. The molecule has 0 amide bonds. The molecule has 1 fully saturated rings. The molecule has 5 rings (SSSR count). The number of aromatic nitrogens is 6. The van der Waals surface area contributed by atoms with E-state index in [1.165, 1.54) is 16.9 Å². The Morgan fingerprint density at radius 3 is 2.61 bits per heavy atom. The highest BCUT2D eigenvalue weighted by molar-refractivity contribution is 5.66. The first kappa shape index (κ1) is 23.5. The van der Waals surface area contributed by atoms with E-state index in [9.17, 15) is 13.2 Å². The van der Waals surface area contributed by atoms with Gasteiger partial charge in [0.2, 0.25) is 17.8 Å². The summed E-state index contributed by atoms with van der Waals surface area (Å²) in [5.41, 5.74) is 7.43. The standard InChI is InChI=1S/C24H24F3N9/c1-24(26,27)15-8-10-36(13-15)20-6-3-14(12-30-20)21-33-23(35(2)34-21)31-16-4-5-17(18(25)11-16)19-7-9-29-22(28)32-19/h3-7,9,11-12,15H,8,10,13H2,1-2H3,(H2,28,29,32)(H,31,33,34). The number of hydrogen-bond donors (Lipinski definition) is 2. The third-order valence-corrected chi connectivity index (χ3v) is 6.17. The summed E-state index contributed by atoms with van der Waals surface area (Å²) in [5.74, 6) is -2.33. The van der Waals surface area contributed by atoms with Crippen LogP contribution >= 0.6 is 0 Å². The van der Waals surface area contributed by atoms with Crippen molar-refractivity contribution in [1.82, 2.24) is 29.7 Å². The van der Waals surface area contributed by atoms with E-state index in [1.807, 2.05) is 4.90 Å². The fourth-order valence-electron chi connectivity index (χ4n) is 4.16. The summed E-state index contributed by atoms with van der Waals surface area (Å²) < 4.78 is 43.6. The van der Waals surface area contributed by atoms with Crippen molar-refractivity contribution in [1.29, 1.82) is 0 Å². The smallest absolute Gasteiger partial charge is 0.249 e. The molecule has 3 N–H and O–H groups in total. The lowest BCUT2D eigenvalue weighted by Gasteiger charge is -2.20. The topological polar surface area (TPSA) is 111 Å². The Bertz CT molecular complexity index is 1380. The Balaban J connectivity index is 1.30. The molecule has 0 aliphatic carbocycles. The number of alkyl halides is 2. The maximum Gasteiger partial charge on any atom is 0.249 e. The lowest BCUT2D eigenvalue weighted by molar-refractivity contribution is -0.0308. The van der Waals surface area contributed by atoms with E-state index in [2.05, 4.69) is 30.4 Å². The van der Waals surface area contributed by atoms with Crippen LogP contribution in [0.15, 0.2) is 48.8 Å². The van der Waals surface area contributed by atoms with E-state index in [0.29, 0.717) is 53.1 Å². The van der Waals surface area contributed by atoms with Crippen LogP contribution in [0.2, 0.25) is 0 Å². The molecule has 4 aromatic rings. The first-order valence-corrected chi connectivity index (χ1v) is 11.3. The molecule has 1 aliphatic rings. The van der Waals surface area contributed by atoms with Crippen molar-refractivity contribution in [2.45, 2.75) is 19.3 Å². The van der Waals surface area contributed by atoms with Crippen molar-refractivity contribution >= 4 is 23.4 Å². The van der Waals surface area contributed by atoms with E-state index >= 15 is 0 Å². The maximum atomic E-state index is 14.8. The summed E-state index contributed by atoms with van der Waals surface area (Å²) in [6, 6.07) is 9.80. The molecule has 1 atom stereocenters. The average Bonchev–Trinajstić information content (AvgIpc) is 3.47. The zero-order valence-electron chi connectivity index (χ0n) is 19.7. The third-order valence-electron chi connectivity index (χ3n) is 6.17. The number of halogens is 3. The second-order valence-electron chi connectivity index (χ2n) is 8.80. The number of aryl methyl sites for hydroxylation is 1. The minimum Gasteiger partial charge on any atom is -0.368 e. The molecule has 0 radical (unpaired) electrons. The normalized spacial score (nSPS) is 15.9. The molecule has 0 spiro atoms. The van der Waals surface area contributed by atoms with Crippen LogP contribution in [-0.4, -0.2) is 48.7 Å². The van der Waals surface area contributed by atoms with Gasteiger partial charge in [-0.3, -0.25) is 0 Å². The number of hydrogen-bond acceptors (Lipinski definition) is 8. The highest BCUT2D eigenvalue weighted by atomic mass is 19.3. The minimum atomic E-state index is -2.71. The molecule has 1 unspecified atom stereocenters. The zero-order valence-corrected chi connectivity index (χ0v) is 19.7. The highest BCUT2D eigenvalue weighted by Gasteiger charge is 2.39. The van der Waals surface area contributed by atoms with Crippen LogP contribution in [0.3, 0.4) is 0 Å². The van der Waals surface area contributed by atoms with Gasteiger partial charge < -0.3 is 16.0 Å². The SMILES string of the molecule is Cn1nc(-c2ccc(N3CCC(C(C)(F)F)C3)nc2)nc1Nc1ccc(-c2ccnc(N)n2)c(F)c1. The molecule has 186 valence electrons. The molecular formula is C24H24F3N9. The number of rotatable bonds is 6. The molecule has 1 aliphatic heterocycles. The average molecular weight is 496 g/mol. The first-order valence-electron chi connectivity index (χ1n) is 11.3. The van der Waals surface area contributed by atoms with Gasteiger partial charge in [-0.1, -0.05) is 0 Å². The van der Waals surface area contributed by atoms with Crippen LogP contribution < -0.4 is 16.0 Å². The number of anilines is 4.